The fourth-order valence-corrected chi connectivity index (χ4v) is 4.02. The molecule has 1 aromatic carbocycles. The minimum Gasteiger partial charge on any atom is -0.490 e. The highest BCUT2D eigenvalue weighted by atomic mass is 16.5. The van der Waals surface area contributed by atoms with E-state index in [4.69, 9.17) is 9.47 Å². The molecule has 146 valence electrons. The molecule has 27 heavy (non-hydrogen) atoms. The SMILES string of the molecule is O=C(/C=C/c1ccc(OC2CCN(C3CCC3)CC2)cc1)N1CCOCC1. The van der Waals surface area contributed by atoms with Crippen LogP contribution in [0.25, 0.3) is 6.08 Å². The van der Waals surface area contributed by atoms with E-state index in [-0.39, 0.29) is 5.91 Å². The van der Waals surface area contributed by atoms with Crippen LogP contribution in [0.5, 0.6) is 5.75 Å². The van der Waals surface area contributed by atoms with Crippen molar-refractivity contribution in [1.82, 2.24) is 9.80 Å². The molecule has 1 amide bonds. The third-order valence-electron chi connectivity index (χ3n) is 5.99. The molecule has 3 aliphatic rings. The number of rotatable bonds is 5. The first-order valence-corrected chi connectivity index (χ1v) is 10.3. The minimum atomic E-state index is 0.0526. The van der Waals surface area contributed by atoms with Crippen LogP contribution in [-0.4, -0.2) is 67.2 Å². The van der Waals surface area contributed by atoms with Gasteiger partial charge in [0.15, 0.2) is 0 Å². The van der Waals surface area contributed by atoms with Gasteiger partial charge in [0.2, 0.25) is 5.91 Å². The van der Waals surface area contributed by atoms with Crippen molar-refractivity contribution in [3.05, 3.63) is 35.9 Å². The molecule has 0 unspecified atom stereocenters. The maximum atomic E-state index is 12.2. The Bertz CT molecular complexity index is 640. The van der Waals surface area contributed by atoms with E-state index in [1.165, 1.54) is 32.4 Å². The molecule has 0 N–H and O–H groups in total. The van der Waals surface area contributed by atoms with Crippen molar-refractivity contribution >= 4 is 12.0 Å². The van der Waals surface area contributed by atoms with Crippen molar-refractivity contribution in [3.63, 3.8) is 0 Å². The van der Waals surface area contributed by atoms with E-state index in [1.807, 2.05) is 35.2 Å². The van der Waals surface area contributed by atoms with Gasteiger partial charge in [-0.25, -0.2) is 0 Å². The highest BCUT2D eigenvalue weighted by Gasteiger charge is 2.29. The van der Waals surface area contributed by atoms with Gasteiger partial charge in [0.1, 0.15) is 11.9 Å². The first-order chi connectivity index (χ1) is 13.3. The van der Waals surface area contributed by atoms with Crippen LogP contribution in [0.3, 0.4) is 0 Å². The highest BCUT2D eigenvalue weighted by Crippen LogP contribution is 2.28. The van der Waals surface area contributed by atoms with Crippen molar-refractivity contribution in [2.24, 2.45) is 0 Å². The number of likely N-dealkylation sites (tertiary alicyclic amines) is 1. The predicted octanol–water partition coefficient (Wildman–Crippen LogP) is 2.95. The van der Waals surface area contributed by atoms with Gasteiger partial charge in [0.25, 0.3) is 0 Å². The van der Waals surface area contributed by atoms with Gasteiger partial charge in [-0.05, 0) is 49.5 Å². The van der Waals surface area contributed by atoms with Crippen LogP contribution < -0.4 is 4.74 Å². The van der Waals surface area contributed by atoms with E-state index in [2.05, 4.69) is 4.90 Å². The van der Waals surface area contributed by atoms with Gasteiger partial charge in [0.05, 0.1) is 13.2 Å². The smallest absolute Gasteiger partial charge is 0.246 e. The number of carbonyl (C=O) groups excluding carboxylic acids is 1. The van der Waals surface area contributed by atoms with E-state index in [9.17, 15) is 4.79 Å². The lowest BCUT2D eigenvalue weighted by Crippen LogP contribution is -2.46. The second-order valence-corrected chi connectivity index (χ2v) is 7.78. The third-order valence-corrected chi connectivity index (χ3v) is 5.99. The summed E-state index contributed by atoms with van der Waals surface area (Å²) in [5.74, 6) is 0.977. The second kappa shape index (κ2) is 8.89. The maximum absolute atomic E-state index is 12.2. The lowest BCUT2D eigenvalue weighted by molar-refractivity contribution is -0.129. The lowest BCUT2D eigenvalue weighted by atomic mass is 9.90. The van der Waals surface area contributed by atoms with E-state index in [0.717, 1.165) is 30.2 Å². The first kappa shape index (κ1) is 18.5. The van der Waals surface area contributed by atoms with E-state index >= 15 is 0 Å². The van der Waals surface area contributed by atoms with E-state index in [1.54, 1.807) is 6.08 Å². The molecule has 0 bridgehead atoms. The summed E-state index contributed by atoms with van der Waals surface area (Å²) < 4.78 is 11.5. The summed E-state index contributed by atoms with van der Waals surface area (Å²) in [6.07, 6.45) is 10.3. The Balaban J connectivity index is 1.24. The monoisotopic (exact) mass is 370 g/mol. The van der Waals surface area contributed by atoms with Gasteiger partial charge >= 0.3 is 0 Å². The lowest BCUT2D eigenvalue weighted by Gasteiger charge is -2.41. The van der Waals surface area contributed by atoms with Gasteiger partial charge in [-0.2, -0.15) is 0 Å². The zero-order chi connectivity index (χ0) is 18.5. The summed E-state index contributed by atoms with van der Waals surface area (Å²) in [4.78, 5) is 16.6. The summed E-state index contributed by atoms with van der Waals surface area (Å²) in [5, 5.41) is 0. The summed E-state index contributed by atoms with van der Waals surface area (Å²) >= 11 is 0. The molecule has 5 heteroatoms. The zero-order valence-electron chi connectivity index (χ0n) is 16.0. The normalized spacial score (nSPS) is 22.7. The Hall–Kier alpha value is -1.85. The Morgan fingerprint density at radius 2 is 1.70 bits per heavy atom. The number of piperidine rings is 1. The topological polar surface area (TPSA) is 42.0 Å². The largest absolute Gasteiger partial charge is 0.490 e. The van der Waals surface area contributed by atoms with Crippen molar-refractivity contribution in [3.8, 4) is 5.75 Å². The fraction of sp³-hybridized carbons (Fsp3) is 0.591. The van der Waals surface area contributed by atoms with Crippen LogP contribution in [0.4, 0.5) is 0 Å². The van der Waals surface area contributed by atoms with Crippen LogP contribution in [0, 0.1) is 0 Å². The number of amides is 1. The van der Waals surface area contributed by atoms with Crippen molar-refractivity contribution in [2.45, 2.75) is 44.2 Å². The Labute approximate surface area is 161 Å². The Morgan fingerprint density at radius 1 is 1.00 bits per heavy atom. The summed E-state index contributed by atoms with van der Waals surface area (Å²) in [5.41, 5.74) is 1.02. The molecule has 2 aliphatic heterocycles. The zero-order valence-corrected chi connectivity index (χ0v) is 16.0. The quantitative estimate of drug-likeness (QED) is 0.748. The van der Waals surface area contributed by atoms with Crippen LogP contribution in [-0.2, 0) is 9.53 Å². The average molecular weight is 370 g/mol. The molecular formula is C22H30N2O3. The summed E-state index contributed by atoms with van der Waals surface area (Å²) in [6, 6.07) is 8.90. The van der Waals surface area contributed by atoms with Gasteiger partial charge < -0.3 is 19.3 Å². The number of hydrogen-bond acceptors (Lipinski definition) is 4. The second-order valence-electron chi connectivity index (χ2n) is 7.78. The molecule has 0 spiro atoms. The van der Waals surface area contributed by atoms with Gasteiger partial charge in [-0.3, -0.25) is 4.79 Å². The molecule has 5 nitrogen and oxygen atoms in total. The molecule has 3 fully saturated rings. The number of carbonyl (C=O) groups is 1. The molecule has 4 rings (SSSR count). The molecule has 2 heterocycles. The Morgan fingerprint density at radius 3 is 2.33 bits per heavy atom. The summed E-state index contributed by atoms with van der Waals surface area (Å²) in [7, 11) is 0. The molecule has 0 aromatic heterocycles. The third kappa shape index (κ3) is 4.90. The van der Waals surface area contributed by atoms with Gasteiger partial charge in [-0.15, -0.1) is 0 Å². The number of morpholine rings is 1. The molecule has 1 aromatic rings. The number of nitrogens with zero attached hydrogens (tertiary/aromatic N) is 2. The Kier molecular flexibility index (Phi) is 6.10. The van der Waals surface area contributed by atoms with Crippen molar-refractivity contribution in [1.29, 1.82) is 0 Å². The fourth-order valence-electron chi connectivity index (χ4n) is 4.02. The number of hydrogen-bond donors (Lipinski definition) is 0. The van der Waals surface area contributed by atoms with Crippen LogP contribution in [0.2, 0.25) is 0 Å². The van der Waals surface area contributed by atoms with Crippen molar-refractivity contribution < 1.29 is 14.3 Å². The van der Waals surface area contributed by atoms with E-state index < -0.39 is 0 Å². The average Bonchev–Trinajstić information content (AvgIpc) is 2.68. The van der Waals surface area contributed by atoms with Crippen LogP contribution >= 0.6 is 0 Å². The van der Waals surface area contributed by atoms with Crippen molar-refractivity contribution in [2.75, 3.05) is 39.4 Å². The van der Waals surface area contributed by atoms with E-state index in [0.29, 0.717) is 32.4 Å². The molecule has 0 radical (unpaired) electrons. The first-order valence-electron chi connectivity index (χ1n) is 10.3. The summed E-state index contributed by atoms with van der Waals surface area (Å²) in [6.45, 7) is 4.95. The molecule has 1 saturated carbocycles. The van der Waals surface area contributed by atoms with Gasteiger partial charge in [-0.1, -0.05) is 18.6 Å². The van der Waals surface area contributed by atoms with Crippen LogP contribution in [0.15, 0.2) is 30.3 Å². The number of ether oxygens (including phenoxy) is 2. The molecule has 2 saturated heterocycles. The maximum Gasteiger partial charge on any atom is 0.246 e. The standard InChI is InChI=1S/C22H30N2O3/c25-22(24-14-16-26-17-15-24)9-6-18-4-7-20(8-5-18)27-21-10-12-23(13-11-21)19-2-1-3-19/h4-9,19,21H,1-3,10-17H2/b9-6+. The molecular weight excluding hydrogens is 340 g/mol. The van der Waals surface area contributed by atoms with Gasteiger partial charge in [0, 0.05) is 38.3 Å². The number of benzene rings is 1. The molecule has 1 aliphatic carbocycles. The van der Waals surface area contributed by atoms with Crippen LogP contribution in [0.1, 0.15) is 37.7 Å². The highest BCUT2D eigenvalue weighted by molar-refractivity contribution is 5.91. The molecule has 0 atom stereocenters. The minimum absolute atomic E-state index is 0.0526. The predicted molar refractivity (Wildman–Crippen MR) is 106 cm³/mol.